The van der Waals surface area contributed by atoms with Crippen LogP contribution in [0.25, 0.3) is 11.1 Å². The van der Waals surface area contributed by atoms with Gasteiger partial charge in [-0.2, -0.15) is 5.10 Å². The van der Waals surface area contributed by atoms with Crippen LogP contribution in [-0.2, 0) is 11.2 Å². The van der Waals surface area contributed by atoms with Crippen molar-refractivity contribution in [3.63, 3.8) is 0 Å². The Labute approximate surface area is 204 Å². The lowest BCUT2D eigenvalue weighted by atomic mass is 9.94. The Balaban J connectivity index is 1.28. The van der Waals surface area contributed by atoms with Gasteiger partial charge >= 0.3 is 0 Å². The number of fused-ring (bicyclic) bond motifs is 1. The zero-order valence-electron chi connectivity index (χ0n) is 19.9. The molecule has 0 aliphatic carbocycles. The number of aromatic nitrogens is 2. The van der Waals surface area contributed by atoms with Crippen molar-refractivity contribution in [1.29, 1.82) is 0 Å². The fourth-order valence-electron chi connectivity index (χ4n) is 4.51. The number of anilines is 1. The first-order chi connectivity index (χ1) is 17.0. The van der Waals surface area contributed by atoms with Crippen LogP contribution in [-0.4, -0.2) is 78.8 Å². The quantitative estimate of drug-likeness (QED) is 0.589. The number of likely N-dealkylation sites (N-methyl/N-ethyl adjacent to an activating group) is 1. The molecule has 1 unspecified atom stereocenters. The number of aromatic amines is 1. The number of hydrogen-bond acceptors (Lipinski definition) is 6. The molecule has 182 valence electrons. The van der Waals surface area contributed by atoms with E-state index >= 15 is 0 Å². The van der Waals surface area contributed by atoms with E-state index in [0.29, 0.717) is 23.4 Å². The molecular weight excluding hydrogens is 446 g/mol. The highest BCUT2D eigenvalue weighted by atomic mass is 16.5. The van der Waals surface area contributed by atoms with E-state index in [-0.39, 0.29) is 24.3 Å². The topological polar surface area (TPSA) is 99.8 Å². The van der Waals surface area contributed by atoms with Gasteiger partial charge in [0.15, 0.2) is 0 Å². The van der Waals surface area contributed by atoms with Crippen LogP contribution in [0.5, 0.6) is 11.5 Å². The predicted octanol–water partition coefficient (Wildman–Crippen LogP) is 2.66. The minimum atomic E-state index is -0.380. The molecule has 2 N–H and O–H groups in total. The van der Waals surface area contributed by atoms with Gasteiger partial charge in [-0.25, -0.2) is 0 Å². The summed E-state index contributed by atoms with van der Waals surface area (Å²) in [5, 5.41) is 9.75. The van der Waals surface area contributed by atoms with E-state index in [1.165, 1.54) is 0 Å². The largest absolute Gasteiger partial charge is 0.495 e. The van der Waals surface area contributed by atoms with Crippen LogP contribution in [0.15, 0.2) is 48.8 Å². The molecule has 0 spiro atoms. The third-order valence-electron chi connectivity index (χ3n) is 6.67. The highest BCUT2D eigenvalue weighted by Crippen LogP contribution is 2.33. The van der Waals surface area contributed by atoms with Crippen molar-refractivity contribution in [1.82, 2.24) is 20.0 Å². The van der Waals surface area contributed by atoms with Crippen LogP contribution < -0.4 is 14.8 Å². The van der Waals surface area contributed by atoms with E-state index in [2.05, 4.69) is 27.5 Å². The molecule has 35 heavy (non-hydrogen) atoms. The van der Waals surface area contributed by atoms with Gasteiger partial charge in [-0.05, 0) is 54.9 Å². The van der Waals surface area contributed by atoms with Crippen LogP contribution in [0.2, 0.25) is 0 Å². The van der Waals surface area contributed by atoms with Crippen LogP contribution in [0.3, 0.4) is 0 Å². The fraction of sp³-hybridized carbons (Fsp3) is 0.346. The number of nitrogens with zero attached hydrogens (tertiary/aromatic N) is 3. The van der Waals surface area contributed by atoms with E-state index in [0.717, 1.165) is 48.6 Å². The molecule has 5 rings (SSSR count). The molecule has 1 fully saturated rings. The average molecular weight is 476 g/mol. The summed E-state index contributed by atoms with van der Waals surface area (Å²) in [5.41, 5.74) is 3.96. The number of nitrogens with one attached hydrogen (secondary N) is 2. The first-order valence-corrected chi connectivity index (χ1v) is 11.7. The Morgan fingerprint density at radius 3 is 2.69 bits per heavy atom. The molecule has 0 saturated carbocycles. The highest BCUT2D eigenvalue weighted by molar-refractivity contribution is 5.96. The molecule has 2 aliphatic heterocycles. The minimum Gasteiger partial charge on any atom is -0.495 e. The van der Waals surface area contributed by atoms with Gasteiger partial charge in [0, 0.05) is 43.5 Å². The highest BCUT2D eigenvalue weighted by Gasteiger charge is 2.28. The van der Waals surface area contributed by atoms with E-state index in [1.807, 2.05) is 41.3 Å². The maximum atomic E-state index is 13.1. The van der Waals surface area contributed by atoms with E-state index in [4.69, 9.17) is 9.47 Å². The molecule has 2 amide bonds. The molecule has 1 aromatic heterocycles. The summed E-state index contributed by atoms with van der Waals surface area (Å²) in [6.45, 7) is 3.45. The number of amides is 2. The van der Waals surface area contributed by atoms with Crippen molar-refractivity contribution in [2.45, 2.75) is 6.42 Å². The molecule has 3 aromatic rings. The summed E-state index contributed by atoms with van der Waals surface area (Å²) in [6.07, 6.45) is 4.03. The van der Waals surface area contributed by atoms with Crippen LogP contribution >= 0.6 is 0 Å². The zero-order chi connectivity index (χ0) is 24.4. The van der Waals surface area contributed by atoms with Crippen molar-refractivity contribution < 1.29 is 19.1 Å². The molecule has 0 bridgehead atoms. The minimum absolute atomic E-state index is 0.0231. The first kappa shape index (κ1) is 22.9. The predicted molar refractivity (Wildman–Crippen MR) is 132 cm³/mol. The number of piperazine rings is 1. The van der Waals surface area contributed by atoms with Gasteiger partial charge in [0.1, 0.15) is 18.1 Å². The van der Waals surface area contributed by atoms with Gasteiger partial charge in [-0.3, -0.25) is 14.7 Å². The molecule has 9 nitrogen and oxygen atoms in total. The number of carbonyl (C=O) groups excluding carboxylic acids is 2. The zero-order valence-corrected chi connectivity index (χ0v) is 19.9. The molecule has 3 heterocycles. The molecule has 1 saturated heterocycles. The Morgan fingerprint density at radius 2 is 1.94 bits per heavy atom. The second kappa shape index (κ2) is 9.79. The number of H-pyrrole nitrogens is 1. The number of ether oxygens (including phenoxy) is 2. The van der Waals surface area contributed by atoms with Crippen LogP contribution in [0.1, 0.15) is 15.9 Å². The molecule has 9 heteroatoms. The summed E-state index contributed by atoms with van der Waals surface area (Å²) in [4.78, 5) is 30.2. The summed E-state index contributed by atoms with van der Waals surface area (Å²) in [5.74, 6) is 0.783. The summed E-state index contributed by atoms with van der Waals surface area (Å²) >= 11 is 0. The molecule has 0 radical (unpaired) electrons. The number of methoxy groups -OCH3 is 1. The molecule has 2 aromatic carbocycles. The van der Waals surface area contributed by atoms with Gasteiger partial charge in [-0.15, -0.1) is 0 Å². The van der Waals surface area contributed by atoms with Crippen molar-refractivity contribution in [3.05, 3.63) is 59.9 Å². The molecule has 2 aliphatic rings. The summed E-state index contributed by atoms with van der Waals surface area (Å²) in [7, 11) is 3.63. The van der Waals surface area contributed by atoms with Gasteiger partial charge in [0.2, 0.25) is 5.91 Å². The number of benzene rings is 2. The van der Waals surface area contributed by atoms with E-state index in [9.17, 15) is 9.59 Å². The van der Waals surface area contributed by atoms with Gasteiger partial charge in [-0.1, -0.05) is 6.07 Å². The lowest BCUT2D eigenvalue weighted by Crippen LogP contribution is -2.47. The van der Waals surface area contributed by atoms with Crippen molar-refractivity contribution in [2.75, 3.05) is 52.3 Å². The monoisotopic (exact) mass is 475 g/mol. The third kappa shape index (κ3) is 4.85. The van der Waals surface area contributed by atoms with Gasteiger partial charge < -0.3 is 24.6 Å². The van der Waals surface area contributed by atoms with Crippen molar-refractivity contribution >= 4 is 17.5 Å². The summed E-state index contributed by atoms with van der Waals surface area (Å²) in [6, 6.07) is 11.1. The molecular formula is C26H29N5O4. The number of hydrogen-bond donors (Lipinski definition) is 2. The van der Waals surface area contributed by atoms with Gasteiger partial charge in [0.25, 0.3) is 5.91 Å². The maximum absolute atomic E-state index is 13.1. The fourth-order valence-corrected chi connectivity index (χ4v) is 4.51. The van der Waals surface area contributed by atoms with Crippen molar-refractivity contribution in [2.24, 2.45) is 5.92 Å². The lowest BCUT2D eigenvalue weighted by Gasteiger charge is -2.32. The second-order valence-electron chi connectivity index (χ2n) is 9.02. The van der Waals surface area contributed by atoms with Gasteiger partial charge in [0.05, 0.1) is 24.9 Å². The third-order valence-corrected chi connectivity index (χ3v) is 6.67. The Morgan fingerprint density at radius 1 is 1.11 bits per heavy atom. The van der Waals surface area contributed by atoms with Crippen molar-refractivity contribution in [3.8, 4) is 22.6 Å². The Kier molecular flexibility index (Phi) is 6.41. The standard InChI is InChI=1S/C26H29N5O4/c1-30-7-9-31(10-8-30)26(33)18-4-6-23-19(11-18)12-20(16-35-23)25(32)29-22-5-3-17(13-24(22)34-2)21-14-27-28-15-21/h3-6,11,13-15,20H,7-10,12,16H2,1-2H3,(H,27,28)(H,29,32). The normalized spacial score (nSPS) is 17.9. The second-order valence-corrected chi connectivity index (χ2v) is 9.02. The first-order valence-electron chi connectivity index (χ1n) is 11.7. The number of rotatable bonds is 5. The van der Waals surface area contributed by atoms with Crippen LogP contribution in [0.4, 0.5) is 5.69 Å². The van der Waals surface area contributed by atoms with E-state index < -0.39 is 0 Å². The SMILES string of the molecule is COc1cc(-c2cn[nH]c2)ccc1NC(=O)C1COc2ccc(C(=O)N3CCN(C)CC3)cc2C1. The smallest absolute Gasteiger partial charge is 0.253 e. The Hall–Kier alpha value is -3.85. The summed E-state index contributed by atoms with van der Waals surface area (Å²) < 4.78 is 11.4. The maximum Gasteiger partial charge on any atom is 0.253 e. The molecule has 1 atom stereocenters. The van der Waals surface area contributed by atoms with E-state index in [1.54, 1.807) is 19.5 Å². The lowest BCUT2D eigenvalue weighted by molar-refractivity contribution is -0.121. The van der Waals surface area contributed by atoms with Crippen LogP contribution in [0, 0.1) is 5.92 Å². The average Bonchev–Trinajstić information content (AvgIpc) is 3.43. The number of carbonyl (C=O) groups is 2. The Bertz CT molecular complexity index is 1220.